The zero-order valence-electron chi connectivity index (χ0n) is 8.49. The molecule has 0 aliphatic heterocycles. The first kappa shape index (κ1) is 9.45. The monoisotopic (exact) mass is 197 g/mol. The number of nitrogens with zero attached hydrogens (tertiary/aromatic N) is 2. The highest BCUT2D eigenvalue weighted by Crippen LogP contribution is 2.30. The van der Waals surface area contributed by atoms with Gasteiger partial charge in [0.1, 0.15) is 0 Å². The van der Waals surface area contributed by atoms with Gasteiger partial charge in [-0.15, -0.1) is 5.10 Å². The number of hydrogen-bond donors (Lipinski definition) is 1. The second-order valence-corrected chi connectivity index (χ2v) is 3.67. The van der Waals surface area contributed by atoms with Crippen LogP contribution in [0.25, 0.3) is 0 Å². The Morgan fingerprint density at radius 1 is 1.50 bits per heavy atom. The maximum Gasteiger partial charge on any atom is 0.315 e. The number of nitrogens with one attached hydrogen (secondary N) is 1. The number of anilines is 1. The normalized spacial score (nSPS) is 25.9. The van der Waals surface area contributed by atoms with Gasteiger partial charge in [-0.25, -0.2) is 0 Å². The standard InChI is InChI=1S/C9H15N3O2/c1-6-11-12-9(14-6)10-8-4-3-7(8)5-13-2/h7-8H,3-5H2,1-2H3,(H,10,12)/t7-,8+/m1/s1. The zero-order chi connectivity index (χ0) is 9.97. The maximum absolute atomic E-state index is 5.24. The predicted molar refractivity (Wildman–Crippen MR) is 51.0 cm³/mol. The molecule has 2 rings (SSSR count). The Kier molecular flexibility index (Phi) is 2.67. The summed E-state index contributed by atoms with van der Waals surface area (Å²) < 4.78 is 10.4. The third-order valence-corrected chi connectivity index (χ3v) is 2.63. The summed E-state index contributed by atoms with van der Waals surface area (Å²) in [5, 5.41) is 10.9. The van der Waals surface area contributed by atoms with Gasteiger partial charge in [0.2, 0.25) is 5.89 Å². The summed E-state index contributed by atoms with van der Waals surface area (Å²) in [6.45, 7) is 2.58. The van der Waals surface area contributed by atoms with Crippen LogP contribution in [0.15, 0.2) is 4.42 Å². The Morgan fingerprint density at radius 2 is 2.36 bits per heavy atom. The van der Waals surface area contributed by atoms with E-state index in [0.717, 1.165) is 13.0 Å². The lowest BCUT2D eigenvalue weighted by atomic mass is 9.80. The summed E-state index contributed by atoms with van der Waals surface area (Å²) in [7, 11) is 1.73. The van der Waals surface area contributed by atoms with Crippen LogP contribution in [-0.2, 0) is 4.74 Å². The quantitative estimate of drug-likeness (QED) is 0.786. The minimum absolute atomic E-state index is 0.426. The summed E-state index contributed by atoms with van der Waals surface area (Å²) in [5.41, 5.74) is 0. The molecule has 5 nitrogen and oxygen atoms in total. The molecule has 14 heavy (non-hydrogen) atoms. The lowest BCUT2D eigenvalue weighted by molar-refractivity contribution is 0.100. The smallest absolute Gasteiger partial charge is 0.315 e. The highest BCUT2D eigenvalue weighted by atomic mass is 16.5. The summed E-state index contributed by atoms with van der Waals surface area (Å²) in [5.74, 6) is 1.17. The van der Waals surface area contributed by atoms with Crippen LogP contribution in [0.5, 0.6) is 0 Å². The molecule has 0 radical (unpaired) electrons. The van der Waals surface area contributed by atoms with Crippen LogP contribution in [0.1, 0.15) is 18.7 Å². The van der Waals surface area contributed by atoms with E-state index in [4.69, 9.17) is 9.15 Å². The highest BCUT2D eigenvalue weighted by molar-refractivity contribution is 5.21. The van der Waals surface area contributed by atoms with Crippen LogP contribution in [0, 0.1) is 12.8 Å². The first-order valence-corrected chi connectivity index (χ1v) is 4.85. The molecule has 0 aromatic carbocycles. The molecule has 0 bridgehead atoms. The number of aromatic nitrogens is 2. The van der Waals surface area contributed by atoms with Crippen molar-refractivity contribution in [3.05, 3.63) is 5.89 Å². The van der Waals surface area contributed by atoms with Crippen LogP contribution in [0.4, 0.5) is 6.01 Å². The molecule has 1 fully saturated rings. The van der Waals surface area contributed by atoms with Gasteiger partial charge in [0, 0.05) is 26.0 Å². The third kappa shape index (κ3) is 1.87. The molecule has 2 atom stereocenters. The number of methoxy groups -OCH3 is 1. The molecule has 78 valence electrons. The van der Waals surface area contributed by atoms with Crippen molar-refractivity contribution < 1.29 is 9.15 Å². The lowest BCUT2D eigenvalue weighted by Crippen LogP contribution is -2.40. The van der Waals surface area contributed by atoms with Crippen molar-refractivity contribution in [1.82, 2.24) is 10.2 Å². The molecule has 1 aliphatic carbocycles. The lowest BCUT2D eigenvalue weighted by Gasteiger charge is -2.35. The van der Waals surface area contributed by atoms with Crippen LogP contribution in [0.3, 0.4) is 0 Å². The molecule has 1 heterocycles. The number of hydrogen-bond acceptors (Lipinski definition) is 5. The zero-order valence-corrected chi connectivity index (χ0v) is 8.49. The average Bonchev–Trinajstić information content (AvgIpc) is 2.55. The second kappa shape index (κ2) is 3.96. The Morgan fingerprint density at radius 3 is 2.86 bits per heavy atom. The van der Waals surface area contributed by atoms with Crippen molar-refractivity contribution in [3.63, 3.8) is 0 Å². The van der Waals surface area contributed by atoms with Crippen LogP contribution >= 0.6 is 0 Å². The summed E-state index contributed by atoms with van der Waals surface area (Å²) >= 11 is 0. The van der Waals surface area contributed by atoms with Crippen LogP contribution in [0.2, 0.25) is 0 Å². The van der Waals surface area contributed by atoms with Gasteiger partial charge in [0.05, 0.1) is 6.61 Å². The molecular formula is C9H15N3O2. The van der Waals surface area contributed by atoms with E-state index in [2.05, 4.69) is 15.5 Å². The Labute approximate surface area is 82.8 Å². The predicted octanol–water partition coefficient (Wildman–Crippen LogP) is 1.21. The number of aryl methyl sites for hydroxylation is 1. The van der Waals surface area contributed by atoms with Gasteiger partial charge >= 0.3 is 6.01 Å². The molecule has 1 N–H and O–H groups in total. The second-order valence-electron chi connectivity index (χ2n) is 3.67. The Balaban J connectivity index is 1.86. The highest BCUT2D eigenvalue weighted by Gasteiger charge is 2.31. The molecular weight excluding hydrogens is 182 g/mol. The average molecular weight is 197 g/mol. The Bertz CT molecular complexity index is 300. The molecule has 1 aromatic rings. The van der Waals surface area contributed by atoms with Crippen molar-refractivity contribution in [2.24, 2.45) is 5.92 Å². The fraction of sp³-hybridized carbons (Fsp3) is 0.778. The summed E-state index contributed by atoms with van der Waals surface area (Å²) in [6.07, 6.45) is 2.36. The van der Waals surface area contributed by atoms with Crippen LogP contribution in [-0.4, -0.2) is 30.0 Å². The SMILES string of the molecule is COC[C@H]1CC[C@@H]1Nc1nnc(C)o1. The van der Waals surface area contributed by atoms with E-state index in [1.165, 1.54) is 6.42 Å². The van der Waals surface area contributed by atoms with Crippen molar-refractivity contribution in [1.29, 1.82) is 0 Å². The maximum atomic E-state index is 5.24. The van der Waals surface area contributed by atoms with E-state index in [0.29, 0.717) is 23.9 Å². The van der Waals surface area contributed by atoms with E-state index in [1.807, 2.05) is 0 Å². The van der Waals surface area contributed by atoms with Crippen molar-refractivity contribution in [3.8, 4) is 0 Å². The third-order valence-electron chi connectivity index (χ3n) is 2.63. The minimum Gasteiger partial charge on any atom is -0.408 e. The van der Waals surface area contributed by atoms with Crippen molar-refractivity contribution in [2.45, 2.75) is 25.8 Å². The fourth-order valence-corrected chi connectivity index (χ4v) is 1.69. The van der Waals surface area contributed by atoms with Gasteiger partial charge in [-0.1, -0.05) is 5.10 Å². The largest absolute Gasteiger partial charge is 0.408 e. The minimum atomic E-state index is 0.426. The molecule has 0 amide bonds. The topological polar surface area (TPSA) is 60.2 Å². The van der Waals surface area contributed by atoms with Gasteiger partial charge in [0.15, 0.2) is 0 Å². The van der Waals surface area contributed by atoms with E-state index >= 15 is 0 Å². The van der Waals surface area contributed by atoms with E-state index < -0.39 is 0 Å². The molecule has 1 aliphatic rings. The fourth-order valence-electron chi connectivity index (χ4n) is 1.69. The first-order valence-electron chi connectivity index (χ1n) is 4.85. The van der Waals surface area contributed by atoms with Crippen LogP contribution < -0.4 is 5.32 Å². The molecule has 5 heteroatoms. The first-order chi connectivity index (χ1) is 6.79. The van der Waals surface area contributed by atoms with Gasteiger partial charge in [0.25, 0.3) is 0 Å². The Hall–Kier alpha value is -1.10. The van der Waals surface area contributed by atoms with E-state index in [-0.39, 0.29) is 0 Å². The van der Waals surface area contributed by atoms with Gasteiger partial charge < -0.3 is 14.5 Å². The van der Waals surface area contributed by atoms with Gasteiger partial charge in [-0.05, 0) is 12.8 Å². The summed E-state index contributed by atoms with van der Waals surface area (Å²) in [4.78, 5) is 0. The number of rotatable bonds is 4. The molecule has 0 unspecified atom stereocenters. The van der Waals surface area contributed by atoms with Crippen molar-refractivity contribution in [2.75, 3.05) is 19.0 Å². The molecule has 1 aromatic heterocycles. The van der Waals surface area contributed by atoms with E-state index in [9.17, 15) is 0 Å². The molecule has 0 spiro atoms. The summed E-state index contributed by atoms with van der Waals surface area (Å²) in [6, 6.07) is 0.947. The van der Waals surface area contributed by atoms with Crippen molar-refractivity contribution >= 4 is 6.01 Å². The van der Waals surface area contributed by atoms with Gasteiger partial charge in [-0.2, -0.15) is 0 Å². The molecule has 1 saturated carbocycles. The van der Waals surface area contributed by atoms with E-state index in [1.54, 1.807) is 14.0 Å². The van der Waals surface area contributed by atoms with Gasteiger partial charge in [-0.3, -0.25) is 0 Å². The number of ether oxygens (including phenoxy) is 1. The molecule has 0 saturated heterocycles.